The van der Waals surface area contributed by atoms with Gasteiger partial charge >= 0.3 is 0 Å². The van der Waals surface area contributed by atoms with Crippen LogP contribution in [0.25, 0.3) is 11.3 Å². The Bertz CT molecular complexity index is 457. The molecule has 1 aromatic heterocycles. The Morgan fingerprint density at radius 1 is 1.00 bits per heavy atom. The van der Waals surface area contributed by atoms with Crippen LogP contribution in [0.5, 0.6) is 0 Å². The normalized spacial score (nSPS) is 14.9. The number of aryl methyl sites for hydroxylation is 1. The summed E-state index contributed by atoms with van der Waals surface area (Å²) in [5, 5.41) is 7.62. The van der Waals surface area contributed by atoms with E-state index in [-0.39, 0.29) is 0 Å². The molecule has 0 saturated carbocycles. The number of benzene rings is 1. The largest absolute Gasteiger partial charge is 0.282 e. The average Bonchev–Trinajstić information content (AvgIpc) is 2.74. The molecule has 1 N–H and O–H groups in total. The fourth-order valence-electron chi connectivity index (χ4n) is 2.32. The lowest BCUT2D eigenvalue weighted by molar-refractivity contribution is 0.675. The van der Waals surface area contributed by atoms with Crippen LogP contribution >= 0.6 is 0 Å². The molecule has 0 spiro atoms. The van der Waals surface area contributed by atoms with E-state index in [4.69, 9.17) is 0 Å². The summed E-state index contributed by atoms with van der Waals surface area (Å²) in [7, 11) is 0. The molecule has 0 unspecified atom stereocenters. The first kappa shape index (κ1) is 8.72. The second-order valence-electron chi connectivity index (χ2n) is 4.10. The molecule has 0 amide bonds. The number of aromatic nitrogens is 2. The highest BCUT2D eigenvalue weighted by atomic mass is 15.1. The summed E-state index contributed by atoms with van der Waals surface area (Å²) in [5.74, 6) is 0. The zero-order valence-electron chi connectivity index (χ0n) is 8.66. The van der Waals surface area contributed by atoms with Gasteiger partial charge in [0.05, 0.1) is 5.69 Å². The van der Waals surface area contributed by atoms with Gasteiger partial charge in [0.15, 0.2) is 0 Å². The summed E-state index contributed by atoms with van der Waals surface area (Å²) in [6.45, 7) is 0. The molecule has 2 heteroatoms. The van der Waals surface area contributed by atoms with Crippen molar-refractivity contribution in [1.82, 2.24) is 10.2 Å². The lowest BCUT2D eigenvalue weighted by Crippen LogP contribution is -2.01. The first-order chi connectivity index (χ1) is 7.45. The fraction of sp³-hybridized carbons (Fsp3) is 0.308. The van der Waals surface area contributed by atoms with Gasteiger partial charge in [0.25, 0.3) is 0 Å². The van der Waals surface area contributed by atoms with Gasteiger partial charge in [-0.05, 0) is 25.7 Å². The van der Waals surface area contributed by atoms with E-state index in [1.165, 1.54) is 36.1 Å². The number of rotatable bonds is 1. The molecule has 0 aliphatic heterocycles. The van der Waals surface area contributed by atoms with Crippen LogP contribution in [0.15, 0.2) is 30.3 Å². The van der Waals surface area contributed by atoms with Gasteiger partial charge in [-0.3, -0.25) is 5.10 Å². The number of fused-ring (bicyclic) bond motifs is 1. The van der Waals surface area contributed by atoms with Gasteiger partial charge in [0, 0.05) is 16.8 Å². The molecule has 1 aromatic carbocycles. The van der Waals surface area contributed by atoms with Crippen molar-refractivity contribution in [2.24, 2.45) is 0 Å². The number of hydrogen-bond acceptors (Lipinski definition) is 1. The fourth-order valence-corrected chi connectivity index (χ4v) is 2.32. The summed E-state index contributed by atoms with van der Waals surface area (Å²) >= 11 is 0. The topological polar surface area (TPSA) is 28.7 Å². The molecule has 1 aliphatic rings. The van der Waals surface area contributed by atoms with Gasteiger partial charge in [-0.15, -0.1) is 0 Å². The van der Waals surface area contributed by atoms with Gasteiger partial charge in [-0.2, -0.15) is 5.10 Å². The summed E-state index contributed by atoms with van der Waals surface area (Å²) < 4.78 is 0. The molecule has 2 aromatic rings. The molecule has 1 aliphatic carbocycles. The van der Waals surface area contributed by atoms with Crippen LogP contribution in [-0.4, -0.2) is 10.2 Å². The molecule has 0 fully saturated rings. The van der Waals surface area contributed by atoms with E-state index in [0.717, 1.165) is 12.1 Å². The summed E-state index contributed by atoms with van der Waals surface area (Å²) in [4.78, 5) is 0. The number of nitrogens with one attached hydrogen (secondary N) is 1. The minimum Gasteiger partial charge on any atom is -0.282 e. The Morgan fingerprint density at radius 2 is 1.80 bits per heavy atom. The Kier molecular flexibility index (Phi) is 2.05. The third-order valence-electron chi connectivity index (χ3n) is 3.10. The average molecular weight is 198 g/mol. The zero-order chi connectivity index (χ0) is 10.1. The van der Waals surface area contributed by atoms with Crippen molar-refractivity contribution in [1.29, 1.82) is 0 Å². The first-order valence-corrected chi connectivity index (χ1v) is 5.57. The van der Waals surface area contributed by atoms with Gasteiger partial charge in [0.1, 0.15) is 0 Å². The van der Waals surface area contributed by atoms with Crippen LogP contribution in [0.3, 0.4) is 0 Å². The minimum atomic E-state index is 1.16. The van der Waals surface area contributed by atoms with E-state index < -0.39 is 0 Å². The van der Waals surface area contributed by atoms with E-state index >= 15 is 0 Å². The molecule has 15 heavy (non-hydrogen) atoms. The van der Waals surface area contributed by atoms with Crippen molar-refractivity contribution in [3.05, 3.63) is 41.6 Å². The molecule has 0 saturated heterocycles. The number of aromatic amines is 1. The van der Waals surface area contributed by atoms with Crippen molar-refractivity contribution in [2.75, 3.05) is 0 Å². The molecular formula is C13H14N2. The van der Waals surface area contributed by atoms with E-state index in [2.05, 4.69) is 34.5 Å². The molecule has 0 bridgehead atoms. The van der Waals surface area contributed by atoms with Gasteiger partial charge in [0.2, 0.25) is 0 Å². The second kappa shape index (κ2) is 3.54. The highest BCUT2D eigenvalue weighted by Crippen LogP contribution is 2.28. The minimum absolute atomic E-state index is 1.16. The summed E-state index contributed by atoms with van der Waals surface area (Å²) in [6.07, 6.45) is 4.93. The third-order valence-corrected chi connectivity index (χ3v) is 3.10. The van der Waals surface area contributed by atoms with Crippen molar-refractivity contribution in [2.45, 2.75) is 25.7 Å². The lowest BCUT2D eigenvalue weighted by Gasteiger charge is -2.10. The summed E-state index contributed by atoms with van der Waals surface area (Å²) in [5.41, 5.74) is 5.18. The van der Waals surface area contributed by atoms with Gasteiger partial charge in [-0.1, -0.05) is 30.3 Å². The first-order valence-electron chi connectivity index (χ1n) is 5.57. The number of nitrogens with zero attached hydrogens (tertiary/aromatic N) is 1. The predicted molar refractivity (Wildman–Crippen MR) is 60.7 cm³/mol. The Hall–Kier alpha value is -1.57. The summed E-state index contributed by atoms with van der Waals surface area (Å²) in [6, 6.07) is 10.4. The highest BCUT2D eigenvalue weighted by Gasteiger charge is 2.17. The predicted octanol–water partition coefficient (Wildman–Crippen LogP) is 2.96. The van der Waals surface area contributed by atoms with Crippen molar-refractivity contribution >= 4 is 0 Å². The smallest absolute Gasteiger partial charge is 0.0955 e. The van der Waals surface area contributed by atoms with Crippen molar-refractivity contribution in [3.8, 4) is 11.3 Å². The standard InChI is InChI=1S/C13H14N2/c1-2-6-10(7-3-1)13-11-8-4-5-9-12(11)14-15-13/h1-3,6-7H,4-5,8-9H2,(H,14,15). The quantitative estimate of drug-likeness (QED) is 0.749. The molecule has 76 valence electrons. The molecular weight excluding hydrogens is 184 g/mol. The van der Waals surface area contributed by atoms with Crippen LogP contribution in [0.4, 0.5) is 0 Å². The van der Waals surface area contributed by atoms with Gasteiger partial charge < -0.3 is 0 Å². The van der Waals surface area contributed by atoms with Crippen LogP contribution in [0, 0.1) is 0 Å². The SMILES string of the molecule is c1ccc(-c2n[nH]c3c2CCCC3)cc1. The lowest BCUT2D eigenvalue weighted by atomic mass is 9.94. The van der Waals surface area contributed by atoms with E-state index in [1.54, 1.807) is 0 Å². The van der Waals surface area contributed by atoms with Crippen molar-refractivity contribution < 1.29 is 0 Å². The Labute approximate surface area is 89.3 Å². The second-order valence-corrected chi connectivity index (χ2v) is 4.10. The maximum Gasteiger partial charge on any atom is 0.0955 e. The van der Waals surface area contributed by atoms with Crippen molar-refractivity contribution in [3.63, 3.8) is 0 Å². The van der Waals surface area contributed by atoms with Crippen LogP contribution in [-0.2, 0) is 12.8 Å². The molecule has 2 nitrogen and oxygen atoms in total. The van der Waals surface area contributed by atoms with E-state index in [9.17, 15) is 0 Å². The van der Waals surface area contributed by atoms with Crippen LogP contribution < -0.4 is 0 Å². The maximum absolute atomic E-state index is 4.44. The maximum atomic E-state index is 4.44. The highest BCUT2D eigenvalue weighted by molar-refractivity contribution is 5.64. The van der Waals surface area contributed by atoms with E-state index in [1.807, 2.05) is 6.07 Å². The number of H-pyrrole nitrogens is 1. The Balaban J connectivity index is 2.09. The molecule has 3 rings (SSSR count). The Morgan fingerprint density at radius 3 is 2.67 bits per heavy atom. The third kappa shape index (κ3) is 1.46. The van der Waals surface area contributed by atoms with Gasteiger partial charge in [-0.25, -0.2) is 0 Å². The van der Waals surface area contributed by atoms with Crippen LogP contribution in [0.2, 0.25) is 0 Å². The van der Waals surface area contributed by atoms with E-state index in [0.29, 0.717) is 0 Å². The molecule has 0 radical (unpaired) electrons. The monoisotopic (exact) mass is 198 g/mol. The molecule has 0 atom stereocenters. The molecule has 1 heterocycles. The number of hydrogen-bond donors (Lipinski definition) is 1. The van der Waals surface area contributed by atoms with Crippen LogP contribution in [0.1, 0.15) is 24.1 Å². The zero-order valence-corrected chi connectivity index (χ0v) is 8.66.